The Balaban J connectivity index is 2.14. The first-order chi connectivity index (χ1) is 9.93. The topological polar surface area (TPSA) is 72.2 Å². The van der Waals surface area contributed by atoms with Gasteiger partial charge in [0.25, 0.3) is 11.6 Å². The molecule has 2 rings (SSSR count). The Morgan fingerprint density at radius 1 is 1.48 bits per heavy atom. The molecule has 1 aliphatic rings. The van der Waals surface area contributed by atoms with E-state index in [-0.39, 0.29) is 17.3 Å². The molecule has 0 radical (unpaired) electrons. The van der Waals surface area contributed by atoms with Gasteiger partial charge >= 0.3 is 0 Å². The summed E-state index contributed by atoms with van der Waals surface area (Å²) < 4.78 is 13.7. The fraction of sp³-hybridized carbons (Fsp3) is 0.533. The molecule has 1 amide bonds. The zero-order valence-electron chi connectivity index (χ0n) is 12.1. The van der Waals surface area contributed by atoms with Crippen LogP contribution in [0, 0.1) is 27.8 Å². The van der Waals surface area contributed by atoms with Gasteiger partial charge in [0.05, 0.1) is 10.5 Å². The molecular weight excluding hydrogens is 275 g/mol. The van der Waals surface area contributed by atoms with Gasteiger partial charge in [0.2, 0.25) is 0 Å². The van der Waals surface area contributed by atoms with E-state index in [4.69, 9.17) is 0 Å². The second kappa shape index (κ2) is 6.20. The normalized spacial score (nSPS) is 24.8. The molecule has 0 saturated heterocycles. The molecule has 3 unspecified atom stereocenters. The summed E-state index contributed by atoms with van der Waals surface area (Å²) in [5.74, 6) is -0.424. The maximum atomic E-state index is 13.7. The van der Waals surface area contributed by atoms with Crippen molar-refractivity contribution in [3.63, 3.8) is 0 Å². The first-order valence-corrected chi connectivity index (χ1v) is 7.18. The van der Waals surface area contributed by atoms with Crippen molar-refractivity contribution in [3.8, 4) is 0 Å². The highest BCUT2D eigenvalue weighted by atomic mass is 19.1. The number of amides is 1. The van der Waals surface area contributed by atoms with Gasteiger partial charge in [-0.15, -0.1) is 0 Å². The molecule has 0 aliphatic heterocycles. The lowest BCUT2D eigenvalue weighted by Crippen LogP contribution is -2.37. The smallest absolute Gasteiger partial charge is 0.270 e. The summed E-state index contributed by atoms with van der Waals surface area (Å²) >= 11 is 0. The molecule has 114 valence electrons. The quantitative estimate of drug-likeness (QED) is 0.684. The predicted molar refractivity (Wildman–Crippen MR) is 76.5 cm³/mol. The molecule has 1 aliphatic carbocycles. The SMILES string of the molecule is CCC1CCC(NC(=O)c2cc([N+](=O)[O-])ccc2F)C1C. The van der Waals surface area contributed by atoms with Crippen LogP contribution in [-0.4, -0.2) is 16.9 Å². The van der Waals surface area contributed by atoms with Crippen molar-refractivity contribution in [1.29, 1.82) is 0 Å². The van der Waals surface area contributed by atoms with Gasteiger partial charge in [0, 0.05) is 18.2 Å². The lowest BCUT2D eigenvalue weighted by atomic mass is 9.93. The highest BCUT2D eigenvalue weighted by Crippen LogP contribution is 2.34. The van der Waals surface area contributed by atoms with Gasteiger partial charge in [0.15, 0.2) is 0 Å². The van der Waals surface area contributed by atoms with Gasteiger partial charge in [-0.25, -0.2) is 4.39 Å². The van der Waals surface area contributed by atoms with E-state index in [1.54, 1.807) is 0 Å². The van der Waals surface area contributed by atoms with Crippen LogP contribution in [0.5, 0.6) is 0 Å². The summed E-state index contributed by atoms with van der Waals surface area (Å²) in [6.07, 6.45) is 2.96. The van der Waals surface area contributed by atoms with E-state index in [2.05, 4.69) is 19.2 Å². The molecular formula is C15H19FN2O3. The molecule has 6 heteroatoms. The number of carbonyl (C=O) groups is 1. The Kier molecular flexibility index (Phi) is 4.55. The number of hydrogen-bond donors (Lipinski definition) is 1. The summed E-state index contributed by atoms with van der Waals surface area (Å²) in [6.45, 7) is 4.20. The largest absolute Gasteiger partial charge is 0.349 e. The molecule has 1 aromatic carbocycles. The van der Waals surface area contributed by atoms with E-state index >= 15 is 0 Å². The van der Waals surface area contributed by atoms with E-state index in [0.29, 0.717) is 11.8 Å². The highest BCUT2D eigenvalue weighted by molar-refractivity contribution is 5.95. The molecule has 1 saturated carbocycles. The van der Waals surface area contributed by atoms with Crippen LogP contribution in [0.1, 0.15) is 43.5 Å². The summed E-state index contributed by atoms with van der Waals surface area (Å²) in [7, 11) is 0. The lowest BCUT2D eigenvalue weighted by molar-refractivity contribution is -0.384. The zero-order valence-corrected chi connectivity index (χ0v) is 12.1. The molecule has 1 aromatic rings. The summed E-state index contributed by atoms with van der Waals surface area (Å²) in [6, 6.07) is 3.00. The minimum absolute atomic E-state index is 0.00103. The molecule has 0 bridgehead atoms. The number of rotatable bonds is 4. The molecule has 1 fully saturated rings. The van der Waals surface area contributed by atoms with E-state index in [1.165, 1.54) is 0 Å². The number of carbonyl (C=O) groups excluding carboxylic acids is 1. The van der Waals surface area contributed by atoms with Crippen molar-refractivity contribution in [2.45, 2.75) is 39.2 Å². The van der Waals surface area contributed by atoms with Crippen LogP contribution in [0.4, 0.5) is 10.1 Å². The lowest BCUT2D eigenvalue weighted by Gasteiger charge is -2.21. The van der Waals surface area contributed by atoms with Gasteiger partial charge in [-0.1, -0.05) is 20.3 Å². The average molecular weight is 294 g/mol. The second-order valence-electron chi connectivity index (χ2n) is 5.61. The van der Waals surface area contributed by atoms with Crippen LogP contribution in [-0.2, 0) is 0 Å². The van der Waals surface area contributed by atoms with Crippen LogP contribution < -0.4 is 5.32 Å². The Bertz CT molecular complexity index is 562. The number of benzene rings is 1. The van der Waals surface area contributed by atoms with Crippen molar-refractivity contribution in [3.05, 3.63) is 39.7 Å². The van der Waals surface area contributed by atoms with Gasteiger partial charge in [-0.3, -0.25) is 14.9 Å². The Labute approximate surface area is 122 Å². The van der Waals surface area contributed by atoms with Crippen LogP contribution in [0.25, 0.3) is 0 Å². The molecule has 0 heterocycles. The summed E-state index contributed by atoms with van der Waals surface area (Å²) in [5.41, 5.74) is -0.552. The van der Waals surface area contributed by atoms with Crippen molar-refractivity contribution in [2.24, 2.45) is 11.8 Å². The first kappa shape index (κ1) is 15.4. The number of halogens is 1. The van der Waals surface area contributed by atoms with E-state index in [9.17, 15) is 19.3 Å². The number of non-ortho nitro benzene ring substituents is 1. The Morgan fingerprint density at radius 3 is 2.76 bits per heavy atom. The summed E-state index contributed by atoms with van der Waals surface area (Å²) in [5, 5.41) is 13.5. The summed E-state index contributed by atoms with van der Waals surface area (Å²) in [4.78, 5) is 22.2. The highest BCUT2D eigenvalue weighted by Gasteiger charge is 2.33. The van der Waals surface area contributed by atoms with Crippen LogP contribution in [0.2, 0.25) is 0 Å². The predicted octanol–water partition coefficient (Wildman–Crippen LogP) is 3.29. The molecule has 0 spiro atoms. The maximum absolute atomic E-state index is 13.7. The van der Waals surface area contributed by atoms with Crippen LogP contribution in [0.3, 0.4) is 0 Å². The van der Waals surface area contributed by atoms with E-state index in [1.807, 2.05) is 0 Å². The first-order valence-electron chi connectivity index (χ1n) is 7.18. The molecule has 5 nitrogen and oxygen atoms in total. The second-order valence-corrected chi connectivity index (χ2v) is 5.61. The van der Waals surface area contributed by atoms with Gasteiger partial charge < -0.3 is 5.32 Å². The fourth-order valence-corrected chi connectivity index (χ4v) is 3.07. The number of nitro groups is 1. The standard InChI is InChI=1S/C15H19FN2O3/c1-3-10-4-7-14(9(10)2)17-15(19)12-8-11(18(20)21)5-6-13(12)16/h5-6,8-10,14H,3-4,7H2,1-2H3,(H,17,19). The monoisotopic (exact) mass is 294 g/mol. The molecule has 1 N–H and O–H groups in total. The van der Waals surface area contributed by atoms with Crippen LogP contribution >= 0.6 is 0 Å². The van der Waals surface area contributed by atoms with Gasteiger partial charge in [-0.2, -0.15) is 0 Å². The van der Waals surface area contributed by atoms with E-state index in [0.717, 1.165) is 37.5 Å². The number of nitro benzene ring substituents is 1. The van der Waals surface area contributed by atoms with Gasteiger partial charge in [-0.05, 0) is 30.7 Å². The minimum atomic E-state index is -0.740. The minimum Gasteiger partial charge on any atom is -0.349 e. The van der Waals surface area contributed by atoms with E-state index < -0.39 is 16.6 Å². The van der Waals surface area contributed by atoms with Crippen LogP contribution in [0.15, 0.2) is 18.2 Å². The van der Waals surface area contributed by atoms with Crippen molar-refractivity contribution >= 4 is 11.6 Å². The molecule has 21 heavy (non-hydrogen) atoms. The number of nitrogens with one attached hydrogen (secondary N) is 1. The van der Waals surface area contributed by atoms with Crippen molar-refractivity contribution in [2.75, 3.05) is 0 Å². The third kappa shape index (κ3) is 3.20. The maximum Gasteiger partial charge on any atom is 0.270 e. The average Bonchev–Trinajstić information content (AvgIpc) is 2.79. The molecule has 0 aromatic heterocycles. The fourth-order valence-electron chi connectivity index (χ4n) is 3.07. The third-order valence-electron chi connectivity index (χ3n) is 4.47. The van der Waals surface area contributed by atoms with Gasteiger partial charge in [0.1, 0.15) is 5.82 Å². The number of hydrogen-bond acceptors (Lipinski definition) is 3. The Hall–Kier alpha value is -1.98. The van der Waals surface area contributed by atoms with Crippen molar-refractivity contribution in [1.82, 2.24) is 5.32 Å². The number of nitrogens with zero attached hydrogens (tertiary/aromatic N) is 1. The third-order valence-corrected chi connectivity index (χ3v) is 4.47. The molecule has 3 atom stereocenters. The zero-order chi connectivity index (χ0) is 15.6. The Morgan fingerprint density at radius 2 is 2.19 bits per heavy atom. The van der Waals surface area contributed by atoms with Crippen molar-refractivity contribution < 1.29 is 14.1 Å².